The van der Waals surface area contributed by atoms with Crippen LogP contribution in [0.2, 0.25) is 5.15 Å². The summed E-state index contributed by atoms with van der Waals surface area (Å²) in [5, 5.41) is 0.576. The Kier molecular flexibility index (Phi) is 2.92. The summed E-state index contributed by atoms with van der Waals surface area (Å²) in [5.41, 5.74) is 0. The molecule has 1 aliphatic rings. The fourth-order valence-corrected chi connectivity index (χ4v) is 2.23. The molecule has 1 aromatic heterocycles. The molecular weight excluding hydrogens is 196 g/mol. The van der Waals surface area contributed by atoms with E-state index in [1.807, 2.05) is 18.2 Å². The molecule has 76 valence electrons. The van der Waals surface area contributed by atoms with Crippen molar-refractivity contribution in [3.05, 3.63) is 23.4 Å². The van der Waals surface area contributed by atoms with Crippen LogP contribution in [0.5, 0.6) is 0 Å². The number of pyridine rings is 1. The molecule has 2 nitrogen and oxygen atoms in total. The third-order valence-corrected chi connectivity index (χ3v) is 3.14. The Balaban J connectivity index is 2.13. The molecule has 3 heteroatoms. The van der Waals surface area contributed by atoms with Crippen molar-refractivity contribution in [2.45, 2.75) is 31.7 Å². The minimum atomic E-state index is 0.576. The average Bonchev–Trinajstić information content (AvgIpc) is 2.69. The van der Waals surface area contributed by atoms with Crippen molar-refractivity contribution in [2.24, 2.45) is 0 Å². The first-order valence-corrected chi connectivity index (χ1v) is 5.50. The van der Waals surface area contributed by atoms with Crippen LogP contribution in [0.4, 0.5) is 5.82 Å². The van der Waals surface area contributed by atoms with E-state index >= 15 is 0 Å². The first-order chi connectivity index (χ1) is 6.77. The van der Waals surface area contributed by atoms with Crippen molar-refractivity contribution >= 4 is 17.4 Å². The second kappa shape index (κ2) is 4.18. The van der Waals surface area contributed by atoms with Crippen LogP contribution in [-0.2, 0) is 0 Å². The monoisotopic (exact) mass is 210 g/mol. The van der Waals surface area contributed by atoms with E-state index in [4.69, 9.17) is 11.6 Å². The number of anilines is 1. The van der Waals surface area contributed by atoms with Gasteiger partial charge >= 0.3 is 0 Å². The Morgan fingerprint density at radius 1 is 1.36 bits per heavy atom. The normalized spacial score (nSPS) is 17.3. The van der Waals surface area contributed by atoms with Crippen LogP contribution in [0.1, 0.15) is 25.7 Å². The van der Waals surface area contributed by atoms with Gasteiger partial charge in [0.05, 0.1) is 0 Å². The van der Waals surface area contributed by atoms with Crippen molar-refractivity contribution in [3.63, 3.8) is 0 Å². The third-order valence-electron chi connectivity index (χ3n) is 2.93. The van der Waals surface area contributed by atoms with Crippen molar-refractivity contribution in [1.29, 1.82) is 0 Å². The Bertz CT molecular complexity index is 308. The summed E-state index contributed by atoms with van der Waals surface area (Å²) >= 11 is 5.86. The third kappa shape index (κ3) is 2.01. The Labute approximate surface area is 89.9 Å². The topological polar surface area (TPSA) is 16.1 Å². The number of hydrogen-bond donors (Lipinski definition) is 0. The van der Waals surface area contributed by atoms with E-state index in [1.54, 1.807) is 0 Å². The van der Waals surface area contributed by atoms with Gasteiger partial charge in [0.1, 0.15) is 11.0 Å². The van der Waals surface area contributed by atoms with Gasteiger partial charge in [0, 0.05) is 13.1 Å². The summed E-state index contributed by atoms with van der Waals surface area (Å²) < 4.78 is 0. The molecule has 1 heterocycles. The van der Waals surface area contributed by atoms with Gasteiger partial charge in [-0.15, -0.1) is 0 Å². The van der Waals surface area contributed by atoms with E-state index in [-0.39, 0.29) is 0 Å². The standard InChI is InChI=1S/C11H15ClN2/c1-14(9-5-2-3-6-9)11-8-4-7-10(12)13-11/h4,7-9H,2-3,5-6H2,1H3. The molecule has 0 bridgehead atoms. The number of rotatable bonds is 2. The summed E-state index contributed by atoms with van der Waals surface area (Å²) in [7, 11) is 2.11. The zero-order valence-corrected chi connectivity index (χ0v) is 9.17. The molecule has 0 atom stereocenters. The van der Waals surface area contributed by atoms with Crippen LogP contribution in [0.15, 0.2) is 18.2 Å². The molecular formula is C11H15ClN2. The van der Waals surface area contributed by atoms with Crippen LogP contribution in [0.25, 0.3) is 0 Å². The summed E-state index contributed by atoms with van der Waals surface area (Å²) in [4.78, 5) is 6.56. The first-order valence-electron chi connectivity index (χ1n) is 5.13. The van der Waals surface area contributed by atoms with Crippen LogP contribution < -0.4 is 4.90 Å². The molecule has 0 saturated heterocycles. The Morgan fingerprint density at radius 2 is 2.07 bits per heavy atom. The highest BCUT2D eigenvalue weighted by atomic mass is 35.5. The maximum atomic E-state index is 5.86. The smallest absolute Gasteiger partial charge is 0.131 e. The molecule has 0 unspecified atom stereocenters. The van der Waals surface area contributed by atoms with Gasteiger partial charge < -0.3 is 4.90 Å². The highest BCUT2D eigenvalue weighted by Crippen LogP contribution is 2.26. The van der Waals surface area contributed by atoms with Gasteiger partial charge in [0.15, 0.2) is 0 Å². The maximum Gasteiger partial charge on any atom is 0.131 e. The molecule has 14 heavy (non-hydrogen) atoms. The maximum absolute atomic E-state index is 5.86. The summed E-state index contributed by atoms with van der Waals surface area (Å²) in [5.74, 6) is 0.990. The minimum Gasteiger partial charge on any atom is -0.357 e. The quantitative estimate of drug-likeness (QED) is 0.698. The van der Waals surface area contributed by atoms with E-state index in [0.29, 0.717) is 11.2 Å². The van der Waals surface area contributed by atoms with Crippen molar-refractivity contribution < 1.29 is 0 Å². The zero-order chi connectivity index (χ0) is 9.97. The fourth-order valence-electron chi connectivity index (χ4n) is 2.07. The highest BCUT2D eigenvalue weighted by molar-refractivity contribution is 6.29. The summed E-state index contributed by atoms with van der Waals surface area (Å²) in [6.45, 7) is 0. The lowest BCUT2D eigenvalue weighted by atomic mass is 10.2. The van der Waals surface area contributed by atoms with Crippen molar-refractivity contribution in [3.8, 4) is 0 Å². The molecule has 0 aliphatic heterocycles. The van der Waals surface area contributed by atoms with E-state index in [9.17, 15) is 0 Å². The Morgan fingerprint density at radius 3 is 2.71 bits per heavy atom. The van der Waals surface area contributed by atoms with E-state index in [1.165, 1.54) is 25.7 Å². The van der Waals surface area contributed by atoms with Gasteiger partial charge in [-0.05, 0) is 25.0 Å². The van der Waals surface area contributed by atoms with Crippen molar-refractivity contribution in [1.82, 2.24) is 4.98 Å². The van der Waals surface area contributed by atoms with Gasteiger partial charge in [0.2, 0.25) is 0 Å². The second-order valence-corrected chi connectivity index (χ2v) is 4.25. The molecule has 1 aromatic rings. The molecule has 1 saturated carbocycles. The predicted molar refractivity (Wildman–Crippen MR) is 59.9 cm³/mol. The molecule has 0 aromatic carbocycles. The average molecular weight is 211 g/mol. The molecule has 0 spiro atoms. The number of halogens is 1. The molecule has 1 fully saturated rings. The largest absolute Gasteiger partial charge is 0.357 e. The molecule has 0 radical (unpaired) electrons. The predicted octanol–water partition coefficient (Wildman–Crippen LogP) is 3.11. The lowest BCUT2D eigenvalue weighted by Gasteiger charge is -2.25. The van der Waals surface area contributed by atoms with Crippen molar-refractivity contribution in [2.75, 3.05) is 11.9 Å². The first kappa shape index (κ1) is 9.78. The molecule has 1 aliphatic carbocycles. The van der Waals surface area contributed by atoms with Gasteiger partial charge in [-0.2, -0.15) is 0 Å². The molecule has 0 N–H and O–H groups in total. The minimum absolute atomic E-state index is 0.576. The fraction of sp³-hybridized carbons (Fsp3) is 0.545. The van der Waals surface area contributed by atoms with Crippen LogP contribution >= 0.6 is 11.6 Å². The van der Waals surface area contributed by atoms with E-state index < -0.39 is 0 Å². The van der Waals surface area contributed by atoms with Crippen LogP contribution in [0.3, 0.4) is 0 Å². The molecule has 2 rings (SSSR count). The lowest BCUT2D eigenvalue weighted by Crippen LogP contribution is -2.29. The Hall–Kier alpha value is -0.760. The summed E-state index contributed by atoms with van der Waals surface area (Å²) in [6.07, 6.45) is 5.25. The van der Waals surface area contributed by atoms with Gasteiger partial charge in [-0.1, -0.05) is 30.5 Å². The van der Waals surface area contributed by atoms with E-state index in [2.05, 4.69) is 16.9 Å². The number of nitrogens with zero attached hydrogens (tertiary/aromatic N) is 2. The number of hydrogen-bond acceptors (Lipinski definition) is 2. The van der Waals surface area contributed by atoms with Gasteiger partial charge in [-0.3, -0.25) is 0 Å². The zero-order valence-electron chi connectivity index (χ0n) is 8.41. The second-order valence-electron chi connectivity index (χ2n) is 3.87. The van der Waals surface area contributed by atoms with Crippen LogP contribution in [-0.4, -0.2) is 18.1 Å². The van der Waals surface area contributed by atoms with Gasteiger partial charge in [0.25, 0.3) is 0 Å². The number of aromatic nitrogens is 1. The molecule has 0 amide bonds. The van der Waals surface area contributed by atoms with Crippen LogP contribution in [0, 0.1) is 0 Å². The summed E-state index contributed by atoms with van der Waals surface area (Å²) in [6, 6.07) is 6.44. The van der Waals surface area contributed by atoms with Gasteiger partial charge in [-0.25, -0.2) is 4.98 Å². The van der Waals surface area contributed by atoms with E-state index in [0.717, 1.165) is 5.82 Å². The SMILES string of the molecule is CN(c1cccc(Cl)n1)C1CCCC1. The highest BCUT2D eigenvalue weighted by Gasteiger charge is 2.20. The lowest BCUT2D eigenvalue weighted by molar-refractivity contribution is 0.646.